The lowest BCUT2D eigenvalue weighted by atomic mass is 10.0. The van der Waals surface area contributed by atoms with Gasteiger partial charge in [-0.05, 0) is 65.4 Å². The highest BCUT2D eigenvalue weighted by molar-refractivity contribution is 6.21. The number of pyridine rings is 3. The molecular weight excluding hydrogens is 476 g/mol. The number of para-hydroxylation sites is 1. The van der Waals surface area contributed by atoms with Crippen LogP contribution in [0, 0.1) is 0 Å². The Kier molecular flexibility index (Phi) is 4.79. The van der Waals surface area contributed by atoms with Crippen LogP contribution in [0.5, 0.6) is 0 Å². The van der Waals surface area contributed by atoms with E-state index in [4.69, 9.17) is 9.97 Å². The van der Waals surface area contributed by atoms with Gasteiger partial charge in [-0.3, -0.25) is 9.55 Å². The van der Waals surface area contributed by atoms with Crippen LogP contribution in [0.1, 0.15) is 0 Å². The third-order valence-electron chi connectivity index (χ3n) is 7.49. The molecule has 0 saturated heterocycles. The minimum Gasteiger partial charge on any atom is -0.294 e. The summed E-state index contributed by atoms with van der Waals surface area (Å²) in [5.74, 6) is 0.908. The van der Waals surface area contributed by atoms with Crippen molar-refractivity contribution in [2.75, 3.05) is 0 Å². The summed E-state index contributed by atoms with van der Waals surface area (Å²) < 4.78 is 2.25. The Bertz CT molecular complexity index is 2160. The quantitative estimate of drug-likeness (QED) is 0.245. The van der Waals surface area contributed by atoms with Crippen molar-refractivity contribution in [1.29, 1.82) is 0 Å². The van der Waals surface area contributed by atoms with Crippen molar-refractivity contribution in [2.24, 2.45) is 0 Å². The molecule has 8 rings (SSSR count). The molecule has 0 atom stereocenters. The number of hydrogen-bond acceptors (Lipinski definition) is 3. The van der Waals surface area contributed by atoms with Crippen LogP contribution in [0.15, 0.2) is 134 Å². The first-order valence-electron chi connectivity index (χ1n) is 13.0. The van der Waals surface area contributed by atoms with E-state index in [1.165, 1.54) is 21.5 Å². The summed E-state index contributed by atoms with van der Waals surface area (Å²) in [5, 5.41) is 6.01. The van der Waals surface area contributed by atoms with Crippen LogP contribution in [0.25, 0.3) is 71.8 Å². The molecule has 0 bridgehead atoms. The van der Waals surface area contributed by atoms with E-state index in [0.717, 1.165) is 50.3 Å². The lowest BCUT2D eigenvalue weighted by Gasteiger charge is -2.07. The van der Waals surface area contributed by atoms with Crippen molar-refractivity contribution in [2.45, 2.75) is 0 Å². The third kappa shape index (κ3) is 3.50. The summed E-state index contributed by atoms with van der Waals surface area (Å²) in [7, 11) is 0. The maximum absolute atomic E-state index is 4.86. The van der Waals surface area contributed by atoms with Crippen LogP contribution >= 0.6 is 0 Å². The van der Waals surface area contributed by atoms with Crippen LogP contribution in [0.3, 0.4) is 0 Å². The van der Waals surface area contributed by atoms with Crippen molar-refractivity contribution in [3.05, 3.63) is 134 Å². The summed E-state index contributed by atoms with van der Waals surface area (Å²) in [6.45, 7) is 0. The van der Waals surface area contributed by atoms with E-state index in [2.05, 4.69) is 101 Å². The lowest BCUT2D eigenvalue weighted by molar-refractivity contribution is 1.08. The topological polar surface area (TPSA) is 43.6 Å². The molecule has 182 valence electrons. The molecule has 0 aliphatic carbocycles. The second-order valence-corrected chi connectivity index (χ2v) is 9.76. The first-order chi connectivity index (χ1) is 19.3. The summed E-state index contributed by atoms with van der Waals surface area (Å²) >= 11 is 0. The Hall–Kier alpha value is -5.35. The molecule has 0 fully saturated rings. The van der Waals surface area contributed by atoms with E-state index in [1.807, 2.05) is 42.7 Å². The van der Waals surface area contributed by atoms with Crippen LogP contribution in [0.2, 0.25) is 0 Å². The summed E-state index contributed by atoms with van der Waals surface area (Å²) in [6, 6.07) is 42.2. The Morgan fingerprint density at radius 2 is 1.28 bits per heavy atom. The molecule has 0 amide bonds. The second-order valence-electron chi connectivity index (χ2n) is 9.76. The summed E-state index contributed by atoms with van der Waals surface area (Å²) in [6.07, 6.45) is 3.77. The van der Waals surface area contributed by atoms with E-state index in [0.29, 0.717) is 0 Å². The van der Waals surface area contributed by atoms with Gasteiger partial charge in [-0.25, -0.2) is 9.97 Å². The van der Waals surface area contributed by atoms with Crippen molar-refractivity contribution in [3.63, 3.8) is 0 Å². The zero-order chi connectivity index (χ0) is 25.8. The Labute approximate surface area is 224 Å². The fourth-order valence-corrected chi connectivity index (χ4v) is 5.63. The SMILES string of the molecule is c1ccc(-n2c3ccc(-c4ccc(-c5ccc6ccccc6n5)cn4)cc3c3c4ccccc4ccc32)nc1. The lowest BCUT2D eigenvalue weighted by Crippen LogP contribution is -1.96. The number of nitrogens with zero attached hydrogens (tertiary/aromatic N) is 4. The van der Waals surface area contributed by atoms with Crippen LogP contribution in [0.4, 0.5) is 0 Å². The molecule has 0 unspecified atom stereocenters. The average Bonchev–Trinajstić information content (AvgIpc) is 3.35. The van der Waals surface area contributed by atoms with E-state index < -0.39 is 0 Å². The van der Waals surface area contributed by atoms with Gasteiger partial charge in [0.25, 0.3) is 0 Å². The molecule has 0 N–H and O–H groups in total. The first-order valence-corrected chi connectivity index (χ1v) is 13.0. The molecule has 4 aromatic carbocycles. The molecule has 4 heteroatoms. The standard InChI is InChI=1S/C35H22N4/c1-3-9-27-23(7-1)14-19-33-35(27)28-21-25(15-18-32(28)39(33)34-11-5-6-20-36-34)29-16-13-26(22-37-29)31-17-12-24-8-2-4-10-30(24)38-31/h1-22H. The molecule has 4 heterocycles. The van der Waals surface area contributed by atoms with Crippen molar-refractivity contribution < 1.29 is 0 Å². The number of fused-ring (bicyclic) bond motifs is 6. The molecule has 4 nitrogen and oxygen atoms in total. The Morgan fingerprint density at radius 3 is 2.15 bits per heavy atom. The van der Waals surface area contributed by atoms with Gasteiger partial charge in [0.2, 0.25) is 0 Å². The van der Waals surface area contributed by atoms with Gasteiger partial charge in [-0.2, -0.15) is 0 Å². The Balaban J connectivity index is 1.30. The number of hydrogen-bond donors (Lipinski definition) is 0. The van der Waals surface area contributed by atoms with Gasteiger partial charge in [-0.15, -0.1) is 0 Å². The molecule has 8 aromatic rings. The molecule has 0 spiro atoms. The van der Waals surface area contributed by atoms with Gasteiger partial charge in [0.15, 0.2) is 0 Å². The zero-order valence-electron chi connectivity index (χ0n) is 21.0. The van der Waals surface area contributed by atoms with Gasteiger partial charge in [0.05, 0.1) is 27.9 Å². The molecule has 0 radical (unpaired) electrons. The van der Waals surface area contributed by atoms with E-state index in [1.54, 1.807) is 0 Å². The van der Waals surface area contributed by atoms with E-state index in [9.17, 15) is 0 Å². The second kappa shape index (κ2) is 8.61. The van der Waals surface area contributed by atoms with E-state index >= 15 is 0 Å². The minimum absolute atomic E-state index is 0.908. The normalized spacial score (nSPS) is 11.6. The predicted octanol–water partition coefficient (Wildman–Crippen LogP) is 8.61. The highest BCUT2D eigenvalue weighted by Gasteiger charge is 2.16. The minimum atomic E-state index is 0.908. The molecule has 0 aliphatic heterocycles. The maximum atomic E-state index is 4.86. The van der Waals surface area contributed by atoms with Gasteiger partial charge >= 0.3 is 0 Å². The monoisotopic (exact) mass is 498 g/mol. The molecule has 39 heavy (non-hydrogen) atoms. The fraction of sp³-hybridized carbons (Fsp3) is 0. The summed E-state index contributed by atoms with van der Waals surface area (Å²) in [4.78, 5) is 14.4. The average molecular weight is 499 g/mol. The van der Waals surface area contributed by atoms with Gasteiger partial charge < -0.3 is 0 Å². The maximum Gasteiger partial charge on any atom is 0.137 e. The van der Waals surface area contributed by atoms with Crippen molar-refractivity contribution >= 4 is 43.5 Å². The highest BCUT2D eigenvalue weighted by Crippen LogP contribution is 2.38. The van der Waals surface area contributed by atoms with Crippen LogP contribution in [-0.4, -0.2) is 19.5 Å². The zero-order valence-corrected chi connectivity index (χ0v) is 21.0. The third-order valence-corrected chi connectivity index (χ3v) is 7.49. The fourth-order valence-electron chi connectivity index (χ4n) is 5.63. The van der Waals surface area contributed by atoms with Crippen LogP contribution < -0.4 is 0 Å². The molecule has 4 aromatic heterocycles. The smallest absolute Gasteiger partial charge is 0.137 e. The van der Waals surface area contributed by atoms with Gasteiger partial charge in [-0.1, -0.05) is 66.7 Å². The Morgan fingerprint density at radius 1 is 0.513 bits per heavy atom. The van der Waals surface area contributed by atoms with Crippen molar-refractivity contribution in [1.82, 2.24) is 19.5 Å². The van der Waals surface area contributed by atoms with Crippen molar-refractivity contribution in [3.8, 4) is 28.3 Å². The number of benzene rings is 4. The first kappa shape index (κ1) is 21.7. The number of aromatic nitrogens is 4. The van der Waals surface area contributed by atoms with Crippen LogP contribution in [-0.2, 0) is 0 Å². The van der Waals surface area contributed by atoms with E-state index in [-0.39, 0.29) is 0 Å². The largest absolute Gasteiger partial charge is 0.294 e. The van der Waals surface area contributed by atoms with Gasteiger partial charge in [0, 0.05) is 39.7 Å². The highest BCUT2D eigenvalue weighted by atomic mass is 15.1. The molecule has 0 aliphatic rings. The number of rotatable bonds is 3. The molecular formula is C35H22N4. The summed E-state index contributed by atoms with van der Waals surface area (Å²) in [5.41, 5.74) is 7.19. The predicted molar refractivity (Wildman–Crippen MR) is 160 cm³/mol. The van der Waals surface area contributed by atoms with Gasteiger partial charge in [0.1, 0.15) is 5.82 Å². The molecule has 0 saturated carbocycles.